The molecule has 274 valence electrons. The van der Waals surface area contributed by atoms with E-state index in [0.29, 0.717) is 25.9 Å². The number of carbonyl (C=O) groups is 2. The van der Waals surface area contributed by atoms with E-state index in [1.807, 2.05) is 0 Å². The Labute approximate surface area is 286 Å². The monoisotopic (exact) mass is 653 g/mol. The molecule has 0 radical (unpaired) electrons. The Kier molecular flexibility index (Phi) is 34.2. The molecule has 0 aromatic carbocycles. The Morgan fingerprint density at radius 3 is 1.35 bits per heavy atom. The molecular weight excluding hydrogens is 572 g/mol. The van der Waals surface area contributed by atoms with Crippen LogP contribution < -0.4 is 27.0 Å². The number of amides is 2. The molecule has 0 saturated heterocycles. The van der Waals surface area contributed by atoms with Gasteiger partial charge < -0.3 is 31.9 Å². The Bertz CT molecular complexity index is 665. The van der Waals surface area contributed by atoms with Gasteiger partial charge in [-0.15, -0.1) is 0 Å². The van der Waals surface area contributed by atoms with Crippen LogP contribution in [-0.2, 0) is 9.59 Å². The van der Waals surface area contributed by atoms with Crippen molar-refractivity contribution in [3.63, 3.8) is 0 Å². The molecular formula is C38H80N6O2. The summed E-state index contributed by atoms with van der Waals surface area (Å²) in [6.45, 7) is 15.0. The number of unbranched alkanes of at least 4 members (excludes halogenated alkanes) is 16. The maximum atomic E-state index is 12.7. The van der Waals surface area contributed by atoms with Crippen molar-refractivity contribution in [3.8, 4) is 0 Å². The zero-order valence-electron chi connectivity index (χ0n) is 31.2. The Balaban J connectivity index is 4.06. The fourth-order valence-electron chi connectivity index (χ4n) is 5.98. The summed E-state index contributed by atoms with van der Waals surface area (Å²) in [6.07, 6.45) is 27.0. The molecule has 2 atom stereocenters. The average molecular weight is 653 g/mol. The molecule has 0 aliphatic carbocycles. The summed E-state index contributed by atoms with van der Waals surface area (Å²) in [7, 11) is 0. The summed E-state index contributed by atoms with van der Waals surface area (Å²) in [6, 6.07) is 0.477. The predicted molar refractivity (Wildman–Crippen MR) is 199 cm³/mol. The van der Waals surface area contributed by atoms with Gasteiger partial charge >= 0.3 is 0 Å². The number of nitrogens with two attached hydrogens (primary N) is 1. The molecule has 0 aliphatic heterocycles. The minimum absolute atomic E-state index is 0.131. The van der Waals surface area contributed by atoms with Gasteiger partial charge in [-0.25, -0.2) is 0 Å². The molecule has 6 N–H and O–H groups in total. The predicted octanol–water partition coefficient (Wildman–Crippen LogP) is 7.06. The van der Waals surface area contributed by atoms with Crippen molar-refractivity contribution < 1.29 is 9.59 Å². The number of hydrogen-bond acceptors (Lipinski definition) is 6. The van der Waals surface area contributed by atoms with Gasteiger partial charge in [-0.3, -0.25) is 9.59 Å². The van der Waals surface area contributed by atoms with Crippen LogP contribution in [-0.4, -0.2) is 81.2 Å². The van der Waals surface area contributed by atoms with Crippen LogP contribution in [0.25, 0.3) is 0 Å². The lowest BCUT2D eigenvalue weighted by molar-refractivity contribution is -0.122. The molecule has 2 unspecified atom stereocenters. The zero-order chi connectivity index (χ0) is 33.9. The van der Waals surface area contributed by atoms with Crippen molar-refractivity contribution in [1.29, 1.82) is 0 Å². The summed E-state index contributed by atoms with van der Waals surface area (Å²) in [5, 5.41) is 13.2. The lowest BCUT2D eigenvalue weighted by Crippen LogP contribution is -2.41. The van der Waals surface area contributed by atoms with Crippen LogP contribution in [0.4, 0.5) is 0 Å². The first-order valence-corrected chi connectivity index (χ1v) is 19.8. The maximum absolute atomic E-state index is 12.7. The van der Waals surface area contributed by atoms with Crippen molar-refractivity contribution in [1.82, 2.24) is 26.2 Å². The lowest BCUT2D eigenvalue weighted by atomic mass is 10.0. The van der Waals surface area contributed by atoms with Crippen molar-refractivity contribution in [3.05, 3.63) is 0 Å². The van der Waals surface area contributed by atoms with Crippen LogP contribution >= 0.6 is 0 Å². The van der Waals surface area contributed by atoms with Crippen LogP contribution in [0.5, 0.6) is 0 Å². The standard InChI is InChI=1S/C38H80N6O2/c1-5-7-9-11-13-15-17-19-21-23-35(3)42-37(45)25-28-40-30-33-44(34-31-41-29-27-39)32-26-38(46)43-36(4)24-22-20-18-16-14-12-10-8-6-2/h35-36,40-41H,5-34,39H2,1-4H3,(H,42,45)(H,43,46). The highest BCUT2D eigenvalue weighted by Crippen LogP contribution is 2.12. The van der Waals surface area contributed by atoms with E-state index in [9.17, 15) is 9.59 Å². The van der Waals surface area contributed by atoms with Gasteiger partial charge in [0.15, 0.2) is 0 Å². The van der Waals surface area contributed by atoms with Crippen LogP contribution in [0.3, 0.4) is 0 Å². The van der Waals surface area contributed by atoms with Gasteiger partial charge in [0, 0.05) is 77.3 Å². The molecule has 0 bridgehead atoms. The summed E-state index contributed by atoms with van der Waals surface area (Å²) in [5.74, 6) is 0.275. The minimum atomic E-state index is 0.131. The Morgan fingerprint density at radius 2 is 0.913 bits per heavy atom. The highest BCUT2D eigenvalue weighted by molar-refractivity contribution is 5.76. The Hall–Kier alpha value is -1.22. The molecule has 0 fully saturated rings. The van der Waals surface area contributed by atoms with Gasteiger partial charge in [0.1, 0.15) is 0 Å². The molecule has 8 nitrogen and oxygen atoms in total. The van der Waals surface area contributed by atoms with Crippen molar-refractivity contribution in [2.75, 3.05) is 52.4 Å². The third-order valence-corrected chi connectivity index (χ3v) is 9.01. The van der Waals surface area contributed by atoms with E-state index in [1.54, 1.807) is 0 Å². The molecule has 2 amide bonds. The van der Waals surface area contributed by atoms with Gasteiger partial charge in [-0.1, -0.05) is 129 Å². The number of nitrogens with one attached hydrogen (secondary N) is 4. The molecule has 0 aromatic rings. The topological polar surface area (TPSA) is 112 Å². The van der Waals surface area contributed by atoms with E-state index < -0.39 is 0 Å². The zero-order valence-corrected chi connectivity index (χ0v) is 31.2. The summed E-state index contributed by atoms with van der Waals surface area (Å²) < 4.78 is 0. The van der Waals surface area contributed by atoms with Gasteiger partial charge in [-0.2, -0.15) is 0 Å². The van der Waals surface area contributed by atoms with Gasteiger partial charge in [-0.05, 0) is 26.7 Å². The number of nitrogens with zero attached hydrogens (tertiary/aromatic N) is 1. The minimum Gasteiger partial charge on any atom is -0.354 e. The molecule has 0 saturated carbocycles. The van der Waals surface area contributed by atoms with Crippen LogP contribution in [0.1, 0.15) is 169 Å². The largest absolute Gasteiger partial charge is 0.354 e. The second-order valence-corrected chi connectivity index (χ2v) is 13.8. The Morgan fingerprint density at radius 1 is 0.522 bits per heavy atom. The highest BCUT2D eigenvalue weighted by Gasteiger charge is 2.12. The normalized spacial score (nSPS) is 12.8. The lowest BCUT2D eigenvalue weighted by Gasteiger charge is -2.23. The molecule has 0 aromatic heterocycles. The average Bonchev–Trinajstić information content (AvgIpc) is 3.03. The second kappa shape index (κ2) is 35.1. The van der Waals surface area contributed by atoms with E-state index >= 15 is 0 Å². The number of hydrogen-bond donors (Lipinski definition) is 5. The molecule has 0 aliphatic rings. The number of rotatable bonds is 36. The van der Waals surface area contributed by atoms with Crippen LogP contribution in [0, 0.1) is 0 Å². The van der Waals surface area contributed by atoms with E-state index in [0.717, 1.165) is 52.1 Å². The molecule has 0 spiro atoms. The van der Waals surface area contributed by atoms with Crippen molar-refractivity contribution in [2.45, 2.75) is 181 Å². The van der Waals surface area contributed by atoms with Crippen LogP contribution in [0.2, 0.25) is 0 Å². The van der Waals surface area contributed by atoms with E-state index in [4.69, 9.17) is 5.73 Å². The van der Waals surface area contributed by atoms with Crippen molar-refractivity contribution in [2.24, 2.45) is 5.73 Å². The number of carbonyl (C=O) groups excluding carboxylic acids is 2. The molecule has 46 heavy (non-hydrogen) atoms. The molecule has 0 rings (SSSR count). The quantitative estimate of drug-likeness (QED) is 0.0464. The van der Waals surface area contributed by atoms with Gasteiger partial charge in [0.25, 0.3) is 0 Å². The summed E-state index contributed by atoms with van der Waals surface area (Å²) in [5.41, 5.74) is 5.63. The summed E-state index contributed by atoms with van der Waals surface area (Å²) >= 11 is 0. The van der Waals surface area contributed by atoms with E-state index in [1.165, 1.54) is 116 Å². The van der Waals surface area contributed by atoms with Gasteiger partial charge in [0.2, 0.25) is 11.8 Å². The van der Waals surface area contributed by atoms with E-state index in [2.05, 4.69) is 53.9 Å². The second-order valence-electron chi connectivity index (χ2n) is 13.8. The fraction of sp³-hybridized carbons (Fsp3) is 0.947. The van der Waals surface area contributed by atoms with Crippen molar-refractivity contribution >= 4 is 11.8 Å². The maximum Gasteiger partial charge on any atom is 0.221 e. The molecule has 8 heteroatoms. The third-order valence-electron chi connectivity index (χ3n) is 9.01. The van der Waals surface area contributed by atoms with Gasteiger partial charge in [0.05, 0.1) is 0 Å². The van der Waals surface area contributed by atoms with E-state index in [-0.39, 0.29) is 23.9 Å². The first-order chi connectivity index (χ1) is 22.4. The highest BCUT2D eigenvalue weighted by atomic mass is 16.2. The first-order valence-electron chi connectivity index (χ1n) is 19.8. The SMILES string of the molecule is CCCCCCCCCCCC(C)NC(=O)CCNCCN(CCNCCN)CCC(=O)NC(C)CCCCCCCCCCC. The fourth-order valence-corrected chi connectivity index (χ4v) is 5.98. The first kappa shape index (κ1) is 44.8. The smallest absolute Gasteiger partial charge is 0.221 e. The van der Waals surface area contributed by atoms with Crippen LogP contribution in [0.15, 0.2) is 0 Å². The third kappa shape index (κ3) is 32.7. The summed E-state index contributed by atoms with van der Waals surface area (Å²) in [4.78, 5) is 27.4. The molecule has 0 heterocycles.